The predicted molar refractivity (Wildman–Crippen MR) is 97.8 cm³/mol. The van der Waals surface area contributed by atoms with Gasteiger partial charge in [-0.3, -0.25) is 9.59 Å². The van der Waals surface area contributed by atoms with Crippen LogP contribution < -0.4 is 15.5 Å². The number of amides is 2. The highest BCUT2D eigenvalue weighted by Crippen LogP contribution is 2.23. The third-order valence-corrected chi connectivity index (χ3v) is 4.24. The van der Waals surface area contributed by atoms with Gasteiger partial charge in [0.05, 0.1) is 5.56 Å². The van der Waals surface area contributed by atoms with E-state index in [9.17, 15) is 9.59 Å². The van der Waals surface area contributed by atoms with E-state index < -0.39 is 0 Å². The number of hydrogen-bond donors (Lipinski definition) is 2. The van der Waals surface area contributed by atoms with Gasteiger partial charge in [0.1, 0.15) is 11.9 Å². The molecule has 0 spiro atoms. The lowest BCUT2D eigenvalue weighted by atomic mass is 10.2. The molecule has 6 nitrogen and oxygen atoms in total. The standard InChI is InChI=1S/C19H22N4O2/c1-3-20-18(24)14-6-9-17(21-12-14)22-16-10-11-23(19(16)25)15-7-4-13(2)5-8-15/h4-9,12,16H,3,10-11H2,1-2H3,(H,20,24)(H,21,22). The summed E-state index contributed by atoms with van der Waals surface area (Å²) in [5.41, 5.74) is 2.59. The smallest absolute Gasteiger partial charge is 0.252 e. The zero-order chi connectivity index (χ0) is 17.8. The Labute approximate surface area is 147 Å². The van der Waals surface area contributed by atoms with Crippen LogP contribution in [0.2, 0.25) is 0 Å². The molecule has 0 saturated carbocycles. The minimum absolute atomic E-state index is 0.0402. The van der Waals surface area contributed by atoms with Gasteiger partial charge in [0.15, 0.2) is 0 Å². The predicted octanol–water partition coefficient (Wildman–Crippen LogP) is 2.36. The highest BCUT2D eigenvalue weighted by molar-refractivity contribution is 6.01. The summed E-state index contributed by atoms with van der Waals surface area (Å²) in [6, 6.07) is 11.1. The molecule has 0 bridgehead atoms. The number of carbonyl (C=O) groups excluding carboxylic acids is 2. The highest BCUT2D eigenvalue weighted by Gasteiger charge is 2.32. The molecular formula is C19H22N4O2. The largest absolute Gasteiger partial charge is 0.358 e. The fraction of sp³-hybridized carbons (Fsp3) is 0.316. The van der Waals surface area contributed by atoms with E-state index in [-0.39, 0.29) is 17.9 Å². The number of hydrogen-bond acceptors (Lipinski definition) is 4. The van der Waals surface area contributed by atoms with Crippen LogP contribution in [0.4, 0.5) is 11.5 Å². The van der Waals surface area contributed by atoms with E-state index in [1.54, 1.807) is 17.0 Å². The SMILES string of the molecule is CCNC(=O)c1ccc(NC2CCN(c3ccc(C)cc3)C2=O)nc1. The molecule has 1 saturated heterocycles. The van der Waals surface area contributed by atoms with Crippen LogP contribution in [0.3, 0.4) is 0 Å². The third kappa shape index (κ3) is 3.79. The lowest BCUT2D eigenvalue weighted by Gasteiger charge is -2.17. The van der Waals surface area contributed by atoms with Crippen molar-refractivity contribution >= 4 is 23.3 Å². The van der Waals surface area contributed by atoms with E-state index in [2.05, 4.69) is 15.6 Å². The molecule has 2 aromatic rings. The molecule has 1 aliphatic rings. The summed E-state index contributed by atoms with van der Waals surface area (Å²) in [5.74, 6) is 0.486. The quantitative estimate of drug-likeness (QED) is 0.878. The summed E-state index contributed by atoms with van der Waals surface area (Å²) < 4.78 is 0. The van der Waals surface area contributed by atoms with Crippen molar-refractivity contribution in [3.05, 3.63) is 53.7 Å². The van der Waals surface area contributed by atoms with Gasteiger partial charge in [-0.2, -0.15) is 0 Å². The van der Waals surface area contributed by atoms with Gasteiger partial charge in [-0.15, -0.1) is 0 Å². The van der Waals surface area contributed by atoms with E-state index in [0.29, 0.717) is 30.9 Å². The Morgan fingerprint density at radius 3 is 2.64 bits per heavy atom. The van der Waals surface area contributed by atoms with Crippen LogP contribution in [0.15, 0.2) is 42.6 Å². The maximum Gasteiger partial charge on any atom is 0.252 e. The molecule has 2 N–H and O–H groups in total. The van der Waals surface area contributed by atoms with E-state index in [1.165, 1.54) is 11.8 Å². The van der Waals surface area contributed by atoms with Gasteiger partial charge in [-0.05, 0) is 44.5 Å². The fourth-order valence-electron chi connectivity index (χ4n) is 2.85. The van der Waals surface area contributed by atoms with Gasteiger partial charge in [-0.1, -0.05) is 17.7 Å². The first-order chi connectivity index (χ1) is 12.1. The van der Waals surface area contributed by atoms with Crippen LogP contribution in [0.5, 0.6) is 0 Å². The average Bonchev–Trinajstić information content (AvgIpc) is 2.97. The number of aryl methyl sites for hydroxylation is 1. The minimum Gasteiger partial charge on any atom is -0.358 e. The summed E-state index contributed by atoms with van der Waals surface area (Å²) in [6.45, 7) is 5.14. The normalized spacial score (nSPS) is 16.8. The van der Waals surface area contributed by atoms with Crippen LogP contribution in [-0.4, -0.2) is 35.9 Å². The van der Waals surface area contributed by atoms with E-state index in [0.717, 1.165) is 5.69 Å². The van der Waals surface area contributed by atoms with Crippen LogP contribution >= 0.6 is 0 Å². The molecule has 2 amide bonds. The van der Waals surface area contributed by atoms with E-state index >= 15 is 0 Å². The molecule has 0 aliphatic carbocycles. The Balaban J connectivity index is 1.65. The number of benzene rings is 1. The summed E-state index contributed by atoms with van der Waals surface area (Å²) in [7, 11) is 0. The molecule has 1 aliphatic heterocycles. The lowest BCUT2D eigenvalue weighted by molar-refractivity contribution is -0.117. The van der Waals surface area contributed by atoms with Crippen molar-refractivity contribution in [3.8, 4) is 0 Å². The topological polar surface area (TPSA) is 74.3 Å². The van der Waals surface area contributed by atoms with Gasteiger partial charge in [0.2, 0.25) is 5.91 Å². The first-order valence-corrected chi connectivity index (χ1v) is 8.47. The summed E-state index contributed by atoms with van der Waals surface area (Å²) in [6.07, 6.45) is 2.23. The van der Waals surface area contributed by atoms with Crippen molar-refractivity contribution in [2.45, 2.75) is 26.3 Å². The molecular weight excluding hydrogens is 316 g/mol. The lowest BCUT2D eigenvalue weighted by Crippen LogP contribution is -2.33. The van der Waals surface area contributed by atoms with E-state index in [4.69, 9.17) is 0 Å². The molecule has 1 atom stereocenters. The molecule has 1 unspecified atom stereocenters. The molecule has 3 rings (SSSR count). The molecule has 1 aromatic carbocycles. The van der Waals surface area contributed by atoms with Gasteiger partial charge in [0, 0.05) is 25.0 Å². The summed E-state index contributed by atoms with van der Waals surface area (Å²) in [4.78, 5) is 30.4. The molecule has 1 fully saturated rings. The Bertz CT molecular complexity index is 756. The number of carbonyl (C=O) groups is 2. The zero-order valence-corrected chi connectivity index (χ0v) is 14.5. The van der Waals surface area contributed by atoms with E-state index in [1.807, 2.05) is 38.1 Å². The Morgan fingerprint density at radius 1 is 1.24 bits per heavy atom. The second-order valence-electron chi connectivity index (χ2n) is 6.10. The van der Waals surface area contributed by atoms with Crippen molar-refractivity contribution in [2.24, 2.45) is 0 Å². The monoisotopic (exact) mass is 338 g/mol. The van der Waals surface area contributed by atoms with Crippen molar-refractivity contribution < 1.29 is 9.59 Å². The maximum atomic E-state index is 12.6. The van der Waals surface area contributed by atoms with Crippen LogP contribution in [-0.2, 0) is 4.79 Å². The second kappa shape index (κ2) is 7.34. The highest BCUT2D eigenvalue weighted by atomic mass is 16.2. The van der Waals surface area contributed by atoms with Gasteiger partial charge >= 0.3 is 0 Å². The van der Waals surface area contributed by atoms with Gasteiger partial charge in [-0.25, -0.2) is 4.98 Å². The Hall–Kier alpha value is -2.89. The molecule has 6 heteroatoms. The third-order valence-electron chi connectivity index (χ3n) is 4.24. The number of anilines is 2. The summed E-state index contributed by atoms with van der Waals surface area (Å²) in [5, 5.41) is 5.90. The molecule has 25 heavy (non-hydrogen) atoms. The molecule has 130 valence electrons. The van der Waals surface area contributed by atoms with Crippen molar-refractivity contribution in [1.82, 2.24) is 10.3 Å². The van der Waals surface area contributed by atoms with Crippen molar-refractivity contribution in [3.63, 3.8) is 0 Å². The minimum atomic E-state index is -0.302. The maximum absolute atomic E-state index is 12.6. The molecule has 1 aromatic heterocycles. The Morgan fingerprint density at radius 2 is 2.00 bits per heavy atom. The van der Waals surface area contributed by atoms with Gasteiger partial charge in [0.25, 0.3) is 5.91 Å². The van der Waals surface area contributed by atoms with Crippen molar-refractivity contribution in [1.29, 1.82) is 0 Å². The zero-order valence-electron chi connectivity index (χ0n) is 14.5. The number of pyridine rings is 1. The van der Waals surface area contributed by atoms with Crippen LogP contribution in [0, 0.1) is 6.92 Å². The molecule has 2 heterocycles. The number of nitrogens with zero attached hydrogens (tertiary/aromatic N) is 2. The van der Waals surface area contributed by atoms with Crippen LogP contribution in [0.1, 0.15) is 29.3 Å². The average molecular weight is 338 g/mol. The van der Waals surface area contributed by atoms with Crippen LogP contribution in [0.25, 0.3) is 0 Å². The number of rotatable bonds is 5. The first kappa shape index (κ1) is 17.0. The van der Waals surface area contributed by atoms with Crippen molar-refractivity contribution in [2.75, 3.05) is 23.3 Å². The Kier molecular flexibility index (Phi) is 4.97. The summed E-state index contributed by atoms with van der Waals surface area (Å²) >= 11 is 0. The van der Waals surface area contributed by atoms with Gasteiger partial charge < -0.3 is 15.5 Å². The second-order valence-corrected chi connectivity index (χ2v) is 6.10. The fourth-order valence-corrected chi connectivity index (χ4v) is 2.85. The number of nitrogens with one attached hydrogen (secondary N) is 2. The molecule has 0 radical (unpaired) electrons. The first-order valence-electron chi connectivity index (χ1n) is 8.47. The number of aromatic nitrogens is 1.